The minimum Gasteiger partial charge on any atom is -0.465 e. The van der Waals surface area contributed by atoms with Crippen LogP contribution in [0.3, 0.4) is 0 Å². The highest BCUT2D eigenvalue weighted by Crippen LogP contribution is 2.31. The van der Waals surface area contributed by atoms with Crippen LogP contribution >= 0.6 is 0 Å². The lowest BCUT2D eigenvalue weighted by Gasteiger charge is -2.47. The van der Waals surface area contributed by atoms with Crippen LogP contribution in [-0.4, -0.2) is 65.7 Å². The summed E-state index contributed by atoms with van der Waals surface area (Å²) in [6.07, 6.45) is 3.91. The number of benzene rings is 1. The number of carbonyl (C=O) groups excluding carboxylic acids is 1. The molecular weight excluding hydrogens is 399 g/mol. The van der Waals surface area contributed by atoms with E-state index in [-0.39, 0.29) is 11.5 Å². The molecule has 4 rings (SSSR count). The molecule has 1 spiro atoms. The molecule has 0 bridgehead atoms. The quantitative estimate of drug-likeness (QED) is 0.792. The van der Waals surface area contributed by atoms with E-state index in [0.29, 0.717) is 25.3 Å². The van der Waals surface area contributed by atoms with Crippen molar-refractivity contribution in [2.75, 3.05) is 39.3 Å². The molecule has 2 aliphatic rings. The molecule has 1 aromatic heterocycles. The number of hydrogen-bond donors (Lipinski definition) is 1. The van der Waals surface area contributed by atoms with E-state index >= 15 is 0 Å². The van der Waals surface area contributed by atoms with Crippen molar-refractivity contribution >= 4 is 12.0 Å². The van der Waals surface area contributed by atoms with E-state index in [1.54, 1.807) is 11.2 Å². The average Bonchev–Trinajstić information content (AvgIpc) is 3.27. The summed E-state index contributed by atoms with van der Waals surface area (Å²) in [6.45, 7) is 6.37. The SMILES string of the molecule is C/C(=C\c1ccco1)CN1CCOC2(CCN(C(=O)C(O)c3ccc(F)cc3)CC2)C1. The predicted octanol–water partition coefficient (Wildman–Crippen LogP) is 3.25. The summed E-state index contributed by atoms with van der Waals surface area (Å²) < 4.78 is 24.7. The molecule has 1 unspecified atom stereocenters. The summed E-state index contributed by atoms with van der Waals surface area (Å²) in [5, 5.41) is 10.4. The molecule has 1 amide bonds. The Bertz CT molecular complexity index is 902. The van der Waals surface area contributed by atoms with E-state index in [1.165, 1.54) is 29.8 Å². The van der Waals surface area contributed by atoms with Gasteiger partial charge in [-0.25, -0.2) is 4.39 Å². The molecule has 31 heavy (non-hydrogen) atoms. The van der Waals surface area contributed by atoms with Gasteiger partial charge in [0.25, 0.3) is 5.91 Å². The summed E-state index contributed by atoms with van der Waals surface area (Å²) in [5.74, 6) is 0.120. The molecule has 6 nitrogen and oxygen atoms in total. The normalized spacial score (nSPS) is 20.7. The largest absolute Gasteiger partial charge is 0.465 e. The second kappa shape index (κ2) is 9.34. The van der Waals surface area contributed by atoms with Crippen molar-refractivity contribution in [2.24, 2.45) is 0 Å². The Hall–Kier alpha value is -2.48. The lowest BCUT2D eigenvalue weighted by molar-refractivity contribution is -0.156. The first-order valence-electron chi connectivity index (χ1n) is 10.7. The lowest BCUT2D eigenvalue weighted by Crippen LogP contribution is -2.58. The highest BCUT2D eigenvalue weighted by molar-refractivity contribution is 5.82. The Morgan fingerprint density at radius 1 is 1.23 bits per heavy atom. The second-order valence-corrected chi connectivity index (χ2v) is 8.53. The number of furan rings is 1. The number of carbonyl (C=O) groups is 1. The molecule has 3 heterocycles. The van der Waals surface area contributed by atoms with E-state index in [2.05, 4.69) is 17.9 Å². The van der Waals surface area contributed by atoms with Crippen LogP contribution in [-0.2, 0) is 9.53 Å². The maximum absolute atomic E-state index is 13.1. The summed E-state index contributed by atoms with van der Waals surface area (Å²) in [7, 11) is 0. The van der Waals surface area contributed by atoms with Crippen molar-refractivity contribution < 1.29 is 23.4 Å². The Balaban J connectivity index is 1.32. The van der Waals surface area contributed by atoms with Crippen molar-refractivity contribution in [3.05, 3.63) is 65.4 Å². The molecule has 0 radical (unpaired) electrons. The molecule has 1 aromatic carbocycles. The zero-order valence-corrected chi connectivity index (χ0v) is 17.8. The maximum atomic E-state index is 13.1. The van der Waals surface area contributed by atoms with Crippen LogP contribution in [0.1, 0.15) is 37.2 Å². The lowest BCUT2D eigenvalue weighted by atomic mass is 9.88. The molecule has 2 aromatic rings. The fourth-order valence-corrected chi connectivity index (χ4v) is 4.47. The molecule has 2 aliphatic heterocycles. The molecule has 2 saturated heterocycles. The van der Waals surface area contributed by atoms with Crippen LogP contribution in [0.15, 0.2) is 52.7 Å². The van der Waals surface area contributed by atoms with Gasteiger partial charge in [-0.05, 0) is 55.7 Å². The number of aliphatic hydroxyl groups excluding tert-OH is 1. The maximum Gasteiger partial charge on any atom is 0.256 e. The Kier molecular flexibility index (Phi) is 6.55. The number of rotatable bonds is 5. The van der Waals surface area contributed by atoms with E-state index in [0.717, 1.165) is 38.2 Å². The number of halogens is 1. The molecule has 1 N–H and O–H groups in total. The van der Waals surface area contributed by atoms with Gasteiger partial charge < -0.3 is 19.2 Å². The van der Waals surface area contributed by atoms with Gasteiger partial charge in [-0.3, -0.25) is 9.69 Å². The summed E-state index contributed by atoms with van der Waals surface area (Å²) in [5.41, 5.74) is 1.37. The number of aliphatic hydroxyl groups is 1. The number of morpholine rings is 1. The second-order valence-electron chi connectivity index (χ2n) is 8.53. The Morgan fingerprint density at radius 3 is 2.65 bits per heavy atom. The highest BCUT2D eigenvalue weighted by Gasteiger charge is 2.41. The molecular formula is C24H29FN2O4. The number of ether oxygens (including phenoxy) is 1. The van der Waals surface area contributed by atoms with Crippen molar-refractivity contribution in [3.8, 4) is 0 Å². The predicted molar refractivity (Wildman–Crippen MR) is 115 cm³/mol. The number of likely N-dealkylation sites (tertiary alicyclic amines) is 1. The van der Waals surface area contributed by atoms with Crippen molar-refractivity contribution in [1.82, 2.24) is 9.80 Å². The standard InChI is InChI=1S/C24H29FN2O4/c1-18(15-21-3-2-13-30-21)16-26-12-14-31-24(17-26)8-10-27(11-9-24)23(29)22(28)19-4-6-20(25)7-5-19/h2-7,13,15,22,28H,8-12,14,16-17H2,1H3/b18-15+. The number of amides is 1. The minimum atomic E-state index is -1.27. The van der Waals surface area contributed by atoms with E-state index < -0.39 is 11.9 Å². The first kappa shape index (κ1) is 21.7. The first-order valence-corrected chi connectivity index (χ1v) is 10.7. The monoisotopic (exact) mass is 428 g/mol. The average molecular weight is 429 g/mol. The van der Waals surface area contributed by atoms with Gasteiger partial charge in [-0.15, -0.1) is 0 Å². The Labute approximate surface area is 181 Å². The van der Waals surface area contributed by atoms with Gasteiger partial charge >= 0.3 is 0 Å². The van der Waals surface area contributed by atoms with Gasteiger partial charge in [0.05, 0.1) is 18.5 Å². The molecule has 2 fully saturated rings. The van der Waals surface area contributed by atoms with Crippen LogP contribution in [0.5, 0.6) is 0 Å². The van der Waals surface area contributed by atoms with Gasteiger partial charge in [0.1, 0.15) is 11.6 Å². The smallest absolute Gasteiger partial charge is 0.256 e. The van der Waals surface area contributed by atoms with Crippen molar-refractivity contribution in [1.29, 1.82) is 0 Å². The number of nitrogens with zero attached hydrogens (tertiary/aromatic N) is 2. The van der Waals surface area contributed by atoms with E-state index in [4.69, 9.17) is 9.15 Å². The first-order chi connectivity index (χ1) is 14.9. The van der Waals surface area contributed by atoms with Gasteiger partial charge in [0, 0.05) is 32.7 Å². The summed E-state index contributed by atoms with van der Waals surface area (Å²) in [4.78, 5) is 16.8. The fraction of sp³-hybridized carbons (Fsp3) is 0.458. The van der Waals surface area contributed by atoms with E-state index in [9.17, 15) is 14.3 Å². The van der Waals surface area contributed by atoms with Crippen LogP contribution < -0.4 is 0 Å². The molecule has 1 atom stereocenters. The number of piperidine rings is 1. The topological polar surface area (TPSA) is 66.2 Å². The van der Waals surface area contributed by atoms with Crippen molar-refractivity contribution in [3.63, 3.8) is 0 Å². The summed E-state index contributed by atoms with van der Waals surface area (Å²) in [6, 6.07) is 9.23. The minimum absolute atomic E-state index is 0.263. The molecule has 0 saturated carbocycles. The van der Waals surface area contributed by atoms with Crippen LogP contribution in [0.4, 0.5) is 4.39 Å². The zero-order valence-electron chi connectivity index (χ0n) is 17.8. The van der Waals surface area contributed by atoms with Crippen LogP contribution in [0.25, 0.3) is 6.08 Å². The van der Waals surface area contributed by atoms with Crippen molar-refractivity contribution in [2.45, 2.75) is 31.5 Å². The third-order valence-electron chi connectivity index (χ3n) is 6.14. The zero-order chi connectivity index (χ0) is 21.8. The van der Waals surface area contributed by atoms with Crippen LogP contribution in [0.2, 0.25) is 0 Å². The van der Waals surface area contributed by atoms with Gasteiger partial charge in [-0.2, -0.15) is 0 Å². The third kappa shape index (κ3) is 5.23. The van der Waals surface area contributed by atoms with Gasteiger partial charge in [0.15, 0.2) is 6.10 Å². The molecule has 166 valence electrons. The Morgan fingerprint density at radius 2 is 1.97 bits per heavy atom. The fourth-order valence-electron chi connectivity index (χ4n) is 4.47. The van der Waals surface area contributed by atoms with E-state index in [1.807, 2.05) is 12.1 Å². The third-order valence-corrected chi connectivity index (χ3v) is 6.14. The molecule has 7 heteroatoms. The van der Waals surface area contributed by atoms with Gasteiger partial charge in [-0.1, -0.05) is 17.7 Å². The molecule has 0 aliphatic carbocycles. The number of hydrogen-bond acceptors (Lipinski definition) is 5. The van der Waals surface area contributed by atoms with Gasteiger partial charge in [0.2, 0.25) is 0 Å². The summed E-state index contributed by atoms with van der Waals surface area (Å²) >= 11 is 0. The highest BCUT2D eigenvalue weighted by atomic mass is 19.1. The van der Waals surface area contributed by atoms with Crippen LogP contribution in [0, 0.1) is 5.82 Å².